The van der Waals surface area contributed by atoms with Gasteiger partial charge in [0.2, 0.25) is 0 Å². The maximum atomic E-state index is 10.4. The van der Waals surface area contributed by atoms with Gasteiger partial charge in [-0.1, -0.05) is 24.0 Å². The maximum Gasteiger partial charge on any atom is 0.316 e. The van der Waals surface area contributed by atoms with Crippen LogP contribution in [0.3, 0.4) is 0 Å². The van der Waals surface area contributed by atoms with E-state index in [2.05, 4.69) is 17.0 Å². The van der Waals surface area contributed by atoms with Gasteiger partial charge in [0.1, 0.15) is 4.32 Å². The molecule has 0 saturated carbocycles. The monoisotopic (exact) mass is 165 g/mol. The first kappa shape index (κ1) is 8.71. The second-order valence-electron chi connectivity index (χ2n) is 1.18. The predicted octanol–water partition coefficient (Wildman–Crippen LogP) is 0.136. The van der Waals surface area contributed by atoms with E-state index in [9.17, 15) is 4.79 Å². The summed E-state index contributed by atoms with van der Waals surface area (Å²) in [5.74, 6) is -0.112. The molecule has 5 heteroatoms. The summed E-state index contributed by atoms with van der Waals surface area (Å²) < 4.78 is 4.59. The highest BCUT2D eigenvalue weighted by molar-refractivity contribution is 8.23. The fourth-order valence-electron chi connectivity index (χ4n) is 0.189. The van der Waals surface area contributed by atoms with Crippen LogP contribution in [0.4, 0.5) is 0 Å². The fourth-order valence-corrected chi connectivity index (χ4v) is 0.744. The molecule has 0 radical (unpaired) electrons. The molecular weight excluding hydrogens is 158 g/mol. The van der Waals surface area contributed by atoms with Crippen LogP contribution in [-0.4, -0.2) is 23.2 Å². The SMILES string of the molecule is COC(=O)CSC(N)=S. The quantitative estimate of drug-likeness (QED) is 0.466. The molecule has 0 aromatic rings. The van der Waals surface area contributed by atoms with E-state index in [4.69, 9.17) is 5.73 Å². The van der Waals surface area contributed by atoms with Crippen LogP contribution in [-0.2, 0) is 9.53 Å². The van der Waals surface area contributed by atoms with E-state index in [1.54, 1.807) is 0 Å². The topological polar surface area (TPSA) is 52.3 Å². The van der Waals surface area contributed by atoms with Gasteiger partial charge in [-0.25, -0.2) is 0 Å². The molecule has 0 aromatic heterocycles. The van der Waals surface area contributed by atoms with Gasteiger partial charge in [0.15, 0.2) is 0 Å². The van der Waals surface area contributed by atoms with Crippen LogP contribution in [0.5, 0.6) is 0 Å². The summed E-state index contributed by atoms with van der Waals surface area (Å²) in [4.78, 5) is 10.4. The van der Waals surface area contributed by atoms with Crippen LogP contribution in [0.25, 0.3) is 0 Å². The normalized spacial score (nSPS) is 8.56. The fraction of sp³-hybridized carbons (Fsp3) is 0.500. The number of rotatable bonds is 2. The zero-order valence-corrected chi connectivity index (χ0v) is 6.55. The van der Waals surface area contributed by atoms with Crippen LogP contribution in [0.15, 0.2) is 0 Å². The highest BCUT2D eigenvalue weighted by Crippen LogP contribution is 1.98. The standard InChI is InChI=1S/C4H7NO2S2/c1-7-3(6)2-9-4(5)8/h2H2,1H3,(H2,5,8). The number of hydrogen-bond donors (Lipinski definition) is 1. The van der Waals surface area contributed by atoms with Gasteiger partial charge in [0.05, 0.1) is 12.9 Å². The lowest BCUT2D eigenvalue weighted by Crippen LogP contribution is -2.09. The lowest BCUT2D eigenvalue weighted by Gasteiger charge is -1.95. The molecule has 52 valence electrons. The molecule has 0 rings (SSSR count). The summed E-state index contributed by atoms with van der Waals surface area (Å²) >= 11 is 5.59. The Morgan fingerprint density at radius 1 is 1.89 bits per heavy atom. The van der Waals surface area contributed by atoms with E-state index in [0.717, 1.165) is 11.8 Å². The molecule has 0 spiro atoms. The van der Waals surface area contributed by atoms with Crippen molar-refractivity contribution in [1.82, 2.24) is 0 Å². The first-order valence-electron chi connectivity index (χ1n) is 2.16. The number of methoxy groups -OCH3 is 1. The van der Waals surface area contributed by atoms with Crippen molar-refractivity contribution in [3.05, 3.63) is 0 Å². The number of nitrogens with two attached hydrogens (primary N) is 1. The van der Waals surface area contributed by atoms with Crippen molar-refractivity contribution in [2.24, 2.45) is 5.73 Å². The molecule has 0 aliphatic heterocycles. The van der Waals surface area contributed by atoms with Crippen molar-refractivity contribution >= 4 is 34.3 Å². The zero-order valence-electron chi connectivity index (χ0n) is 4.92. The number of carbonyl (C=O) groups is 1. The van der Waals surface area contributed by atoms with Crippen LogP contribution in [0.2, 0.25) is 0 Å². The molecule has 0 aliphatic carbocycles. The van der Waals surface area contributed by atoms with Crippen LogP contribution in [0, 0.1) is 0 Å². The molecule has 0 unspecified atom stereocenters. The maximum absolute atomic E-state index is 10.4. The Bertz CT molecular complexity index is 126. The third-order valence-corrected chi connectivity index (χ3v) is 1.58. The lowest BCUT2D eigenvalue weighted by molar-refractivity contribution is -0.137. The number of esters is 1. The highest BCUT2D eigenvalue weighted by Gasteiger charge is 1.99. The first-order valence-corrected chi connectivity index (χ1v) is 3.55. The molecule has 3 nitrogen and oxygen atoms in total. The number of thioether (sulfide) groups is 1. The molecule has 0 fully saturated rings. The number of ether oxygens (including phenoxy) is 1. The van der Waals surface area contributed by atoms with Crippen molar-refractivity contribution in [2.45, 2.75) is 0 Å². The summed E-state index contributed by atoms with van der Waals surface area (Å²) in [6.07, 6.45) is 0. The molecule has 0 bridgehead atoms. The molecule has 0 heterocycles. The van der Waals surface area contributed by atoms with Crippen molar-refractivity contribution in [3.8, 4) is 0 Å². The van der Waals surface area contributed by atoms with Gasteiger partial charge in [-0.2, -0.15) is 0 Å². The zero-order chi connectivity index (χ0) is 7.28. The first-order chi connectivity index (χ1) is 4.16. The van der Waals surface area contributed by atoms with Gasteiger partial charge >= 0.3 is 5.97 Å². The number of thiocarbonyl (C=S) groups is 1. The van der Waals surface area contributed by atoms with Crippen molar-refractivity contribution in [3.63, 3.8) is 0 Å². The van der Waals surface area contributed by atoms with Crippen molar-refractivity contribution in [1.29, 1.82) is 0 Å². The van der Waals surface area contributed by atoms with Crippen LogP contribution >= 0.6 is 24.0 Å². The Balaban J connectivity index is 3.28. The Kier molecular flexibility index (Phi) is 4.43. The van der Waals surface area contributed by atoms with Crippen molar-refractivity contribution in [2.75, 3.05) is 12.9 Å². The van der Waals surface area contributed by atoms with E-state index < -0.39 is 0 Å². The van der Waals surface area contributed by atoms with Crippen LogP contribution < -0.4 is 5.73 Å². The Labute approximate surface area is 62.9 Å². The van der Waals surface area contributed by atoms with E-state index in [1.165, 1.54) is 7.11 Å². The molecule has 0 atom stereocenters. The Morgan fingerprint density at radius 3 is 2.78 bits per heavy atom. The summed E-state index contributed by atoms with van der Waals surface area (Å²) in [6.45, 7) is 0. The van der Waals surface area contributed by atoms with Gasteiger partial charge in [-0.15, -0.1) is 0 Å². The molecule has 2 N–H and O–H groups in total. The van der Waals surface area contributed by atoms with Gasteiger partial charge in [0.25, 0.3) is 0 Å². The van der Waals surface area contributed by atoms with Gasteiger partial charge in [-0.05, 0) is 0 Å². The minimum atomic E-state index is -0.312. The van der Waals surface area contributed by atoms with Gasteiger partial charge in [-0.3, -0.25) is 4.79 Å². The molecule has 9 heavy (non-hydrogen) atoms. The third kappa shape index (κ3) is 5.58. The van der Waals surface area contributed by atoms with Gasteiger partial charge in [0, 0.05) is 0 Å². The third-order valence-electron chi connectivity index (χ3n) is 0.560. The summed E-state index contributed by atoms with van der Waals surface area (Å²) in [5, 5.41) is 0. The molecule has 0 aromatic carbocycles. The van der Waals surface area contributed by atoms with E-state index in [-0.39, 0.29) is 16.0 Å². The smallest absolute Gasteiger partial charge is 0.316 e. The average Bonchev–Trinajstić information content (AvgIpc) is 1.83. The summed E-state index contributed by atoms with van der Waals surface area (Å²) in [6, 6.07) is 0. The lowest BCUT2D eigenvalue weighted by atomic mass is 10.8. The second kappa shape index (κ2) is 4.58. The highest BCUT2D eigenvalue weighted by atomic mass is 32.2. The molecular formula is C4H7NO2S2. The Morgan fingerprint density at radius 2 is 2.44 bits per heavy atom. The van der Waals surface area contributed by atoms with Crippen molar-refractivity contribution < 1.29 is 9.53 Å². The average molecular weight is 165 g/mol. The molecule has 0 aliphatic rings. The largest absolute Gasteiger partial charge is 0.468 e. The van der Waals surface area contributed by atoms with E-state index in [1.807, 2.05) is 0 Å². The second-order valence-corrected chi connectivity index (χ2v) is 2.90. The van der Waals surface area contributed by atoms with Crippen LogP contribution in [0.1, 0.15) is 0 Å². The Hall–Kier alpha value is -0.290. The molecule has 0 amide bonds. The number of hydrogen-bond acceptors (Lipinski definition) is 4. The van der Waals surface area contributed by atoms with E-state index >= 15 is 0 Å². The van der Waals surface area contributed by atoms with E-state index in [0.29, 0.717) is 0 Å². The number of carbonyl (C=O) groups excluding carboxylic acids is 1. The molecule has 0 saturated heterocycles. The predicted molar refractivity (Wildman–Crippen MR) is 41.3 cm³/mol. The van der Waals surface area contributed by atoms with Gasteiger partial charge < -0.3 is 10.5 Å². The minimum absolute atomic E-state index is 0.200. The minimum Gasteiger partial charge on any atom is -0.468 e. The summed E-state index contributed by atoms with van der Waals surface area (Å²) in [7, 11) is 1.32. The summed E-state index contributed by atoms with van der Waals surface area (Å²) in [5.41, 5.74) is 5.08.